The zero-order valence-corrected chi connectivity index (χ0v) is 15.7. The Labute approximate surface area is 159 Å². The van der Waals surface area contributed by atoms with Gasteiger partial charge in [0.05, 0.1) is 11.6 Å². The molecule has 0 aliphatic carbocycles. The Morgan fingerprint density at radius 2 is 2.04 bits per heavy atom. The van der Waals surface area contributed by atoms with Gasteiger partial charge in [-0.2, -0.15) is 5.26 Å². The molecule has 5 heteroatoms. The average molecular weight is 361 g/mol. The minimum atomic E-state index is -0.0125. The second-order valence-corrected chi connectivity index (χ2v) is 7.48. The van der Waals surface area contributed by atoms with Gasteiger partial charge in [0.15, 0.2) is 6.61 Å². The van der Waals surface area contributed by atoms with E-state index in [1.807, 2.05) is 4.90 Å². The van der Waals surface area contributed by atoms with E-state index in [-0.39, 0.29) is 18.6 Å². The standard InChI is InChI=1S/C22H23N3O2/c1-15-3-8-20-18(11-15)19-13-24(2)10-9-21(19)25(20)22(26)14-27-17-6-4-16(12-23)5-7-17/h3-8,11,19,21H,9-10,13-14H2,1-2H3/t19-,21+/m1/s1. The molecule has 27 heavy (non-hydrogen) atoms. The van der Waals surface area contributed by atoms with Crippen molar-refractivity contribution in [1.29, 1.82) is 5.26 Å². The fourth-order valence-corrected chi connectivity index (χ4v) is 4.25. The third-order valence-electron chi connectivity index (χ3n) is 5.57. The lowest BCUT2D eigenvalue weighted by Gasteiger charge is -2.36. The molecule has 138 valence electrons. The zero-order valence-electron chi connectivity index (χ0n) is 15.7. The average Bonchev–Trinajstić information content (AvgIpc) is 2.99. The normalized spacial score (nSPS) is 21.3. The lowest BCUT2D eigenvalue weighted by Crippen LogP contribution is -2.48. The second kappa shape index (κ2) is 7.05. The molecular formula is C22H23N3O2. The molecule has 4 rings (SSSR count). The van der Waals surface area contributed by atoms with Gasteiger partial charge in [-0.05, 0) is 62.8 Å². The van der Waals surface area contributed by atoms with Crippen molar-refractivity contribution in [3.8, 4) is 11.8 Å². The van der Waals surface area contributed by atoms with Crippen LogP contribution in [-0.4, -0.2) is 43.6 Å². The zero-order chi connectivity index (χ0) is 19.0. The lowest BCUT2D eigenvalue weighted by molar-refractivity contribution is -0.121. The number of rotatable bonds is 3. The lowest BCUT2D eigenvalue weighted by atomic mass is 9.89. The summed E-state index contributed by atoms with van der Waals surface area (Å²) in [5.74, 6) is 0.949. The number of nitriles is 1. The molecular weight excluding hydrogens is 338 g/mol. The minimum absolute atomic E-state index is 0.00171. The van der Waals surface area contributed by atoms with Crippen LogP contribution in [0.2, 0.25) is 0 Å². The smallest absolute Gasteiger partial charge is 0.265 e. The number of ether oxygens (including phenoxy) is 1. The molecule has 2 heterocycles. The molecule has 0 radical (unpaired) electrons. The first-order valence-electron chi connectivity index (χ1n) is 9.31. The molecule has 2 atom stereocenters. The highest BCUT2D eigenvalue weighted by atomic mass is 16.5. The van der Waals surface area contributed by atoms with Crippen LogP contribution in [0.25, 0.3) is 0 Å². The third-order valence-corrected chi connectivity index (χ3v) is 5.57. The maximum atomic E-state index is 13.1. The molecule has 0 aromatic heterocycles. The number of carbonyl (C=O) groups is 1. The first-order valence-corrected chi connectivity index (χ1v) is 9.31. The van der Waals surface area contributed by atoms with E-state index in [4.69, 9.17) is 10.00 Å². The highest BCUT2D eigenvalue weighted by Crippen LogP contribution is 2.44. The molecule has 0 unspecified atom stereocenters. The number of amides is 1. The summed E-state index contributed by atoms with van der Waals surface area (Å²) < 4.78 is 5.71. The molecule has 2 aromatic carbocycles. The van der Waals surface area contributed by atoms with Crippen LogP contribution in [0.4, 0.5) is 5.69 Å². The van der Waals surface area contributed by atoms with E-state index in [9.17, 15) is 4.79 Å². The number of hydrogen-bond donors (Lipinski definition) is 0. The van der Waals surface area contributed by atoms with E-state index < -0.39 is 0 Å². The van der Waals surface area contributed by atoms with Crippen molar-refractivity contribution in [3.63, 3.8) is 0 Å². The van der Waals surface area contributed by atoms with Gasteiger partial charge in [0.1, 0.15) is 5.75 Å². The van der Waals surface area contributed by atoms with Crippen LogP contribution < -0.4 is 9.64 Å². The molecule has 0 bridgehead atoms. The molecule has 0 N–H and O–H groups in total. The summed E-state index contributed by atoms with van der Waals surface area (Å²) in [6.07, 6.45) is 0.970. The van der Waals surface area contributed by atoms with Crippen molar-refractivity contribution >= 4 is 11.6 Å². The van der Waals surface area contributed by atoms with Gasteiger partial charge in [0.25, 0.3) is 5.91 Å². The van der Waals surface area contributed by atoms with Gasteiger partial charge in [-0.3, -0.25) is 4.79 Å². The quantitative estimate of drug-likeness (QED) is 0.843. The van der Waals surface area contributed by atoms with E-state index in [0.717, 1.165) is 25.2 Å². The summed E-state index contributed by atoms with van der Waals surface area (Å²) in [5.41, 5.74) is 4.10. The van der Waals surface area contributed by atoms with Gasteiger partial charge in [0, 0.05) is 24.2 Å². The van der Waals surface area contributed by atoms with E-state index in [2.05, 4.69) is 43.1 Å². The van der Waals surface area contributed by atoms with Gasteiger partial charge in [-0.1, -0.05) is 17.7 Å². The van der Waals surface area contributed by atoms with Gasteiger partial charge >= 0.3 is 0 Å². The monoisotopic (exact) mass is 361 g/mol. The van der Waals surface area contributed by atoms with Crippen LogP contribution in [0.5, 0.6) is 5.75 Å². The summed E-state index contributed by atoms with van der Waals surface area (Å²) in [6.45, 7) is 4.06. The van der Waals surface area contributed by atoms with Gasteiger partial charge in [-0.15, -0.1) is 0 Å². The highest BCUT2D eigenvalue weighted by Gasteiger charge is 2.43. The predicted molar refractivity (Wildman–Crippen MR) is 104 cm³/mol. The predicted octanol–water partition coefficient (Wildman–Crippen LogP) is 3.08. The molecule has 1 amide bonds. The fourth-order valence-electron chi connectivity index (χ4n) is 4.25. The minimum Gasteiger partial charge on any atom is -0.484 e. The molecule has 5 nitrogen and oxygen atoms in total. The maximum Gasteiger partial charge on any atom is 0.265 e. The van der Waals surface area contributed by atoms with E-state index in [1.165, 1.54) is 11.1 Å². The van der Waals surface area contributed by atoms with Crippen molar-refractivity contribution in [2.75, 3.05) is 31.6 Å². The number of aryl methyl sites for hydroxylation is 1. The first kappa shape index (κ1) is 17.6. The molecule has 2 aliphatic heterocycles. The highest BCUT2D eigenvalue weighted by molar-refractivity contribution is 5.98. The van der Waals surface area contributed by atoms with E-state index in [1.54, 1.807) is 24.3 Å². The largest absolute Gasteiger partial charge is 0.484 e. The van der Waals surface area contributed by atoms with Crippen LogP contribution in [-0.2, 0) is 4.79 Å². The van der Waals surface area contributed by atoms with Crippen LogP contribution in [0.1, 0.15) is 29.0 Å². The summed E-state index contributed by atoms with van der Waals surface area (Å²) in [5, 5.41) is 8.88. The van der Waals surface area contributed by atoms with Crippen LogP contribution in [0.3, 0.4) is 0 Å². The number of likely N-dealkylation sites (tertiary alicyclic amines) is 1. The van der Waals surface area contributed by atoms with Gasteiger partial charge in [-0.25, -0.2) is 0 Å². The van der Waals surface area contributed by atoms with E-state index in [0.29, 0.717) is 17.2 Å². The third kappa shape index (κ3) is 3.29. The van der Waals surface area contributed by atoms with Crippen molar-refractivity contribution in [1.82, 2.24) is 4.90 Å². The Kier molecular flexibility index (Phi) is 4.59. The number of benzene rings is 2. The van der Waals surface area contributed by atoms with Crippen molar-refractivity contribution in [2.45, 2.75) is 25.3 Å². The van der Waals surface area contributed by atoms with Crippen LogP contribution >= 0.6 is 0 Å². The number of nitrogens with zero attached hydrogens (tertiary/aromatic N) is 3. The molecule has 0 spiro atoms. The van der Waals surface area contributed by atoms with E-state index >= 15 is 0 Å². The van der Waals surface area contributed by atoms with Gasteiger partial charge in [0.2, 0.25) is 0 Å². The Balaban J connectivity index is 1.54. The number of anilines is 1. The number of hydrogen-bond acceptors (Lipinski definition) is 4. The molecule has 0 saturated carbocycles. The maximum absolute atomic E-state index is 13.1. The Bertz CT molecular complexity index is 901. The topological polar surface area (TPSA) is 56.6 Å². The summed E-state index contributed by atoms with van der Waals surface area (Å²) in [7, 11) is 2.14. The molecule has 1 fully saturated rings. The Morgan fingerprint density at radius 3 is 2.78 bits per heavy atom. The van der Waals surface area contributed by atoms with Crippen LogP contribution in [0, 0.1) is 18.3 Å². The number of carbonyl (C=O) groups excluding carboxylic acids is 1. The SMILES string of the molecule is Cc1ccc2c(c1)[C@H]1CN(C)CC[C@@H]1N2C(=O)COc1ccc(C#N)cc1. The molecule has 1 saturated heterocycles. The van der Waals surface area contributed by atoms with Gasteiger partial charge < -0.3 is 14.5 Å². The van der Waals surface area contributed by atoms with Crippen LogP contribution in [0.15, 0.2) is 42.5 Å². The van der Waals surface area contributed by atoms with Crippen molar-refractivity contribution < 1.29 is 9.53 Å². The summed E-state index contributed by atoms with van der Waals surface area (Å²) in [4.78, 5) is 17.4. The number of fused-ring (bicyclic) bond motifs is 3. The summed E-state index contributed by atoms with van der Waals surface area (Å²) in [6, 6.07) is 15.5. The summed E-state index contributed by atoms with van der Waals surface area (Å²) >= 11 is 0. The Morgan fingerprint density at radius 1 is 1.26 bits per heavy atom. The van der Waals surface area contributed by atoms with Crippen molar-refractivity contribution in [3.05, 3.63) is 59.2 Å². The molecule has 2 aliphatic rings. The number of likely N-dealkylation sites (N-methyl/N-ethyl adjacent to an activating group) is 1. The fraction of sp³-hybridized carbons (Fsp3) is 0.364. The Hall–Kier alpha value is -2.84. The second-order valence-electron chi connectivity index (χ2n) is 7.48. The number of piperidine rings is 1. The molecule has 2 aromatic rings. The first-order chi connectivity index (χ1) is 13.1. The van der Waals surface area contributed by atoms with Crippen molar-refractivity contribution in [2.24, 2.45) is 0 Å².